The zero-order valence-electron chi connectivity index (χ0n) is 13.1. The Labute approximate surface area is 118 Å². The average molecular weight is 272 g/mol. The Morgan fingerprint density at radius 3 is 2.63 bits per heavy atom. The molecule has 1 saturated carbocycles. The molecule has 0 radical (unpaired) electrons. The summed E-state index contributed by atoms with van der Waals surface area (Å²) in [7, 11) is 3.52. The maximum absolute atomic E-state index is 6.30. The maximum Gasteiger partial charge on any atom is 0.0615 e. The topological polar surface area (TPSA) is 47.7 Å². The van der Waals surface area contributed by atoms with Gasteiger partial charge in [-0.15, -0.1) is 0 Å². The van der Waals surface area contributed by atoms with Crippen molar-refractivity contribution in [2.24, 2.45) is 17.6 Å². The van der Waals surface area contributed by atoms with Gasteiger partial charge >= 0.3 is 0 Å². The van der Waals surface area contributed by atoms with Gasteiger partial charge in [-0.05, 0) is 38.0 Å². The average Bonchev–Trinajstić information content (AvgIpc) is 2.38. The van der Waals surface area contributed by atoms with Crippen LogP contribution in [0, 0.1) is 11.8 Å². The molecule has 1 rings (SSSR count). The predicted molar refractivity (Wildman–Crippen MR) is 79.3 cm³/mol. The molecule has 1 aliphatic rings. The highest BCUT2D eigenvalue weighted by atomic mass is 16.5. The van der Waals surface area contributed by atoms with Crippen molar-refractivity contribution in [3.63, 3.8) is 0 Å². The molecule has 114 valence electrons. The summed E-state index contributed by atoms with van der Waals surface area (Å²) in [5.41, 5.74) is 6.30. The van der Waals surface area contributed by atoms with Crippen molar-refractivity contribution in [1.82, 2.24) is 4.90 Å². The van der Waals surface area contributed by atoms with Gasteiger partial charge in [-0.2, -0.15) is 0 Å². The molecule has 0 aromatic rings. The maximum atomic E-state index is 6.30. The van der Waals surface area contributed by atoms with E-state index < -0.39 is 0 Å². The molecule has 19 heavy (non-hydrogen) atoms. The van der Waals surface area contributed by atoms with Gasteiger partial charge in [-0.1, -0.05) is 6.92 Å². The first kappa shape index (κ1) is 16.9. The highest BCUT2D eigenvalue weighted by molar-refractivity contribution is 4.84. The normalized spacial score (nSPS) is 29.7. The molecule has 0 heterocycles. The van der Waals surface area contributed by atoms with E-state index in [1.54, 1.807) is 14.2 Å². The second-order valence-electron chi connectivity index (χ2n) is 6.13. The van der Waals surface area contributed by atoms with Gasteiger partial charge in [0.1, 0.15) is 0 Å². The fourth-order valence-corrected chi connectivity index (χ4v) is 3.08. The van der Waals surface area contributed by atoms with Crippen LogP contribution < -0.4 is 5.73 Å². The smallest absolute Gasteiger partial charge is 0.0615 e. The van der Waals surface area contributed by atoms with Gasteiger partial charge in [0.05, 0.1) is 13.2 Å². The van der Waals surface area contributed by atoms with Crippen LogP contribution >= 0.6 is 0 Å². The zero-order valence-corrected chi connectivity index (χ0v) is 13.1. The number of hydrogen-bond donors (Lipinski definition) is 1. The minimum absolute atomic E-state index is 0.357. The Morgan fingerprint density at radius 1 is 1.26 bits per heavy atom. The number of nitrogens with two attached hydrogens (primary N) is 1. The summed E-state index contributed by atoms with van der Waals surface area (Å²) in [5.74, 6) is 1.42. The van der Waals surface area contributed by atoms with Crippen molar-refractivity contribution in [1.29, 1.82) is 0 Å². The molecular weight excluding hydrogens is 240 g/mol. The molecule has 0 aromatic carbocycles. The molecule has 1 fully saturated rings. The first-order chi connectivity index (χ1) is 9.08. The third kappa shape index (κ3) is 5.78. The summed E-state index contributed by atoms with van der Waals surface area (Å²) in [6.07, 6.45) is 3.70. The van der Waals surface area contributed by atoms with Gasteiger partial charge in [0.15, 0.2) is 0 Å². The second kappa shape index (κ2) is 8.90. The van der Waals surface area contributed by atoms with Crippen LogP contribution in [-0.4, -0.2) is 57.5 Å². The highest BCUT2D eigenvalue weighted by Crippen LogP contribution is 2.28. The minimum atomic E-state index is 0.357. The van der Waals surface area contributed by atoms with E-state index in [9.17, 15) is 0 Å². The number of methoxy groups -OCH3 is 2. The van der Waals surface area contributed by atoms with Crippen molar-refractivity contribution >= 4 is 0 Å². The molecule has 2 N–H and O–H groups in total. The lowest BCUT2D eigenvalue weighted by Crippen LogP contribution is -2.47. The molecule has 0 spiro atoms. The van der Waals surface area contributed by atoms with Gasteiger partial charge in [-0.25, -0.2) is 0 Å². The van der Waals surface area contributed by atoms with E-state index in [1.165, 1.54) is 19.3 Å². The third-order valence-corrected chi connectivity index (χ3v) is 4.39. The number of hydrogen-bond acceptors (Lipinski definition) is 4. The molecule has 4 heteroatoms. The predicted octanol–water partition coefficient (Wildman–Crippen LogP) is 1.73. The highest BCUT2D eigenvalue weighted by Gasteiger charge is 2.28. The molecule has 0 bridgehead atoms. The van der Waals surface area contributed by atoms with E-state index >= 15 is 0 Å². The number of rotatable bonds is 8. The Morgan fingerprint density at radius 2 is 2.00 bits per heavy atom. The van der Waals surface area contributed by atoms with Crippen molar-refractivity contribution in [2.75, 3.05) is 40.5 Å². The van der Waals surface area contributed by atoms with Crippen LogP contribution in [0.1, 0.15) is 33.1 Å². The SMILES string of the molecule is COCCN(CC1CC(C)CCC1N)C(C)COC. The molecule has 0 aromatic heterocycles. The number of nitrogens with zero attached hydrogens (tertiary/aromatic N) is 1. The molecular formula is C15H32N2O2. The van der Waals surface area contributed by atoms with Gasteiger partial charge in [0.2, 0.25) is 0 Å². The van der Waals surface area contributed by atoms with E-state index in [0.717, 1.165) is 32.2 Å². The summed E-state index contributed by atoms with van der Waals surface area (Å²) >= 11 is 0. The van der Waals surface area contributed by atoms with E-state index in [2.05, 4.69) is 18.7 Å². The zero-order chi connectivity index (χ0) is 14.3. The van der Waals surface area contributed by atoms with Crippen molar-refractivity contribution in [3.05, 3.63) is 0 Å². The molecule has 0 aliphatic heterocycles. The Balaban J connectivity index is 2.53. The van der Waals surface area contributed by atoms with Gasteiger partial charge in [0, 0.05) is 39.4 Å². The Kier molecular flexibility index (Phi) is 7.91. The summed E-state index contributed by atoms with van der Waals surface area (Å²) in [5, 5.41) is 0. The second-order valence-corrected chi connectivity index (χ2v) is 6.13. The molecule has 1 aliphatic carbocycles. The van der Waals surface area contributed by atoms with E-state index in [4.69, 9.17) is 15.2 Å². The molecule has 4 atom stereocenters. The first-order valence-corrected chi connectivity index (χ1v) is 7.56. The fraction of sp³-hybridized carbons (Fsp3) is 1.00. The lowest BCUT2D eigenvalue weighted by Gasteiger charge is -2.38. The summed E-state index contributed by atoms with van der Waals surface area (Å²) in [6.45, 7) is 8.12. The van der Waals surface area contributed by atoms with Crippen LogP contribution in [0.25, 0.3) is 0 Å². The summed E-state index contributed by atoms with van der Waals surface area (Å²) in [4.78, 5) is 2.47. The largest absolute Gasteiger partial charge is 0.383 e. The van der Waals surface area contributed by atoms with Crippen LogP contribution in [-0.2, 0) is 9.47 Å². The van der Waals surface area contributed by atoms with E-state index in [-0.39, 0.29) is 0 Å². The number of ether oxygens (including phenoxy) is 2. The quantitative estimate of drug-likeness (QED) is 0.731. The van der Waals surface area contributed by atoms with Crippen LogP contribution in [0.15, 0.2) is 0 Å². The van der Waals surface area contributed by atoms with E-state index in [1.807, 2.05) is 0 Å². The van der Waals surface area contributed by atoms with Crippen molar-refractivity contribution in [2.45, 2.75) is 45.2 Å². The molecule has 4 nitrogen and oxygen atoms in total. The van der Waals surface area contributed by atoms with Crippen molar-refractivity contribution in [3.8, 4) is 0 Å². The Bertz CT molecular complexity index is 238. The van der Waals surface area contributed by atoms with Crippen LogP contribution in [0.5, 0.6) is 0 Å². The lowest BCUT2D eigenvalue weighted by molar-refractivity contribution is 0.0537. The van der Waals surface area contributed by atoms with Crippen LogP contribution in [0.3, 0.4) is 0 Å². The minimum Gasteiger partial charge on any atom is -0.383 e. The first-order valence-electron chi connectivity index (χ1n) is 7.56. The molecule has 0 amide bonds. The van der Waals surface area contributed by atoms with Gasteiger partial charge < -0.3 is 15.2 Å². The lowest BCUT2D eigenvalue weighted by atomic mass is 9.79. The summed E-state index contributed by atoms with van der Waals surface area (Å²) < 4.78 is 10.5. The summed E-state index contributed by atoms with van der Waals surface area (Å²) in [6, 6.07) is 0.778. The standard InChI is InChI=1S/C15H32N2O2/c1-12-5-6-15(16)14(9-12)10-17(7-8-18-3)13(2)11-19-4/h12-15H,5-11,16H2,1-4H3. The van der Waals surface area contributed by atoms with Crippen LogP contribution in [0.4, 0.5) is 0 Å². The van der Waals surface area contributed by atoms with Gasteiger partial charge in [-0.3, -0.25) is 4.90 Å². The molecule has 4 unspecified atom stereocenters. The van der Waals surface area contributed by atoms with Crippen LogP contribution in [0.2, 0.25) is 0 Å². The van der Waals surface area contributed by atoms with Gasteiger partial charge in [0.25, 0.3) is 0 Å². The van der Waals surface area contributed by atoms with Crippen molar-refractivity contribution < 1.29 is 9.47 Å². The fourth-order valence-electron chi connectivity index (χ4n) is 3.08. The third-order valence-electron chi connectivity index (χ3n) is 4.39. The monoisotopic (exact) mass is 272 g/mol. The van der Waals surface area contributed by atoms with E-state index in [0.29, 0.717) is 18.0 Å². The Hall–Kier alpha value is -0.160. The molecule has 0 saturated heterocycles.